The minimum Gasteiger partial charge on any atom is -0.326 e. The smallest absolute Gasteiger partial charge is 0.234 e. The van der Waals surface area contributed by atoms with Crippen LogP contribution in [0.1, 0.15) is 18.1 Å². The molecular formula is C15H19N3OS. The number of aromatic nitrogens is 2. The molecule has 1 N–H and O–H groups in total. The molecule has 0 aliphatic rings. The maximum absolute atomic E-state index is 12.0. The normalized spacial score (nSPS) is 10.6. The first kappa shape index (κ1) is 14.7. The highest BCUT2D eigenvalue weighted by molar-refractivity contribution is 7.99. The summed E-state index contributed by atoms with van der Waals surface area (Å²) in [7, 11) is 0. The fourth-order valence-electron chi connectivity index (χ4n) is 2.05. The summed E-state index contributed by atoms with van der Waals surface area (Å²) in [5, 5.41) is 3.80. The van der Waals surface area contributed by atoms with Crippen LogP contribution in [0, 0.1) is 13.8 Å². The molecule has 4 nitrogen and oxygen atoms in total. The van der Waals surface area contributed by atoms with Gasteiger partial charge in [0.05, 0.1) is 5.75 Å². The summed E-state index contributed by atoms with van der Waals surface area (Å²) in [4.78, 5) is 16.2. The summed E-state index contributed by atoms with van der Waals surface area (Å²) in [5.74, 6) is 0.356. The average molecular weight is 289 g/mol. The highest BCUT2D eigenvalue weighted by Gasteiger charge is 2.07. The fraction of sp³-hybridized carbons (Fsp3) is 0.333. The van der Waals surface area contributed by atoms with Crippen LogP contribution in [0.3, 0.4) is 0 Å². The van der Waals surface area contributed by atoms with E-state index in [1.165, 1.54) is 11.8 Å². The highest BCUT2D eigenvalue weighted by atomic mass is 32.2. The number of hydrogen-bond acceptors (Lipinski definition) is 3. The third kappa shape index (κ3) is 3.87. The van der Waals surface area contributed by atoms with E-state index in [4.69, 9.17) is 0 Å². The Bertz CT molecular complexity index is 587. The predicted octanol–water partition coefficient (Wildman–Crippen LogP) is 3.25. The summed E-state index contributed by atoms with van der Waals surface area (Å²) >= 11 is 1.45. The van der Waals surface area contributed by atoms with Crippen LogP contribution >= 0.6 is 11.8 Å². The van der Waals surface area contributed by atoms with Crippen molar-refractivity contribution in [3.05, 3.63) is 41.7 Å². The molecule has 0 aliphatic carbocycles. The summed E-state index contributed by atoms with van der Waals surface area (Å²) in [6.45, 7) is 6.97. The molecule has 0 aliphatic heterocycles. The molecule has 0 saturated carbocycles. The summed E-state index contributed by atoms with van der Waals surface area (Å²) in [6, 6.07) is 6.04. The van der Waals surface area contributed by atoms with Crippen molar-refractivity contribution in [2.75, 3.05) is 11.1 Å². The largest absolute Gasteiger partial charge is 0.326 e. The SMILES string of the molecule is CCn1ccnc1SCC(=O)Nc1cc(C)cc(C)c1. The van der Waals surface area contributed by atoms with Crippen molar-refractivity contribution in [2.24, 2.45) is 0 Å². The van der Waals surface area contributed by atoms with Crippen molar-refractivity contribution in [3.8, 4) is 0 Å². The van der Waals surface area contributed by atoms with E-state index in [1.807, 2.05) is 36.7 Å². The molecule has 1 aromatic heterocycles. The monoisotopic (exact) mass is 289 g/mol. The van der Waals surface area contributed by atoms with Crippen LogP contribution in [-0.2, 0) is 11.3 Å². The molecule has 0 radical (unpaired) electrons. The average Bonchev–Trinajstić information content (AvgIpc) is 2.82. The van der Waals surface area contributed by atoms with Gasteiger partial charge in [0.15, 0.2) is 5.16 Å². The second-order valence-electron chi connectivity index (χ2n) is 4.71. The second-order valence-corrected chi connectivity index (χ2v) is 5.65. The van der Waals surface area contributed by atoms with Gasteiger partial charge in [0.1, 0.15) is 0 Å². The highest BCUT2D eigenvalue weighted by Crippen LogP contribution is 2.17. The molecule has 1 heterocycles. The van der Waals surface area contributed by atoms with Crippen LogP contribution in [0.2, 0.25) is 0 Å². The number of amides is 1. The van der Waals surface area contributed by atoms with E-state index in [-0.39, 0.29) is 5.91 Å². The van der Waals surface area contributed by atoms with Crippen LogP contribution in [-0.4, -0.2) is 21.2 Å². The number of thioether (sulfide) groups is 1. The lowest BCUT2D eigenvalue weighted by molar-refractivity contribution is -0.113. The van der Waals surface area contributed by atoms with Gasteiger partial charge in [-0.25, -0.2) is 4.98 Å². The van der Waals surface area contributed by atoms with E-state index in [0.717, 1.165) is 28.5 Å². The van der Waals surface area contributed by atoms with Gasteiger partial charge in [-0.1, -0.05) is 17.8 Å². The lowest BCUT2D eigenvalue weighted by Crippen LogP contribution is -2.14. The number of carbonyl (C=O) groups excluding carboxylic acids is 1. The number of imidazole rings is 1. The molecular weight excluding hydrogens is 270 g/mol. The van der Waals surface area contributed by atoms with E-state index in [1.54, 1.807) is 6.20 Å². The van der Waals surface area contributed by atoms with Gasteiger partial charge < -0.3 is 9.88 Å². The van der Waals surface area contributed by atoms with Crippen LogP contribution in [0.15, 0.2) is 35.7 Å². The summed E-state index contributed by atoms with van der Waals surface area (Å²) in [6.07, 6.45) is 3.68. The molecule has 1 aromatic carbocycles. The number of carbonyl (C=O) groups is 1. The molecule has 0 unspecified atom stereocenters. The number of nitrogens with zero attached hydrogens (tertiary/aromatic N) is 2. The first-order chi connectivity index (χ1) is 9.58. The Morgan fingerprint density at radius 3 is 2.65 bits per heavy atom. The minimum atomic E-state index is -0.00865. The van der Waals surface area contributed by atoms with Crippen molar-refractivity contribution >= 4 is 23.4 Å². The third-order valence-corrected chi connectivity index (χ3v) is 3.86. The van der Waals surface area contributed by atoms with Gasteiger partial charge in [-0.2, -0.15) is 0 Å². The van der Waals surface area contributed by atoms with Crippen molar-refractivity contribution in [3.63, 3.8) is 0 Å². The number of hydrogen-bond donors (Lipinski definition) is 1. The first-order valence-corrected chi connectivity index (χ1v) is 7.59. The Labute approximate surface area is 123 Å². The summed E-state index contributed by atoms with van der Waals surface area (Å²) < 4.78 is 2.02. The Balaban J connectivity index is 1.92. The van der Waals surface area contributed by atoms with Crippen LogP contribution in [0.4, 0.5) is 5.69 Å². The van der Waals surface area contributed by atoms with E-state index in [9.17, 15) is 4.79 Å². The van der Waals surface area contributed by atoms with E-state index < -0.39 is 0 Å². The van der Waals surface area contributed by atoms with Crippen LogP contribution in [0.5, 0.6) is 0 Å². The second kappa shape index (κ2) is 6.61. The number of aryl methyl sites for hydroxylation is 3. The van der Waals surface area contributed by atoms with Crippen molar-refractivity contribution < 1.29 is 4.79 Å². The van der Waals surface area contributed by atoms with Crippen molar-refractivity contribution in [1.29, 1.82) is 0 Å². The van der Waals surface area contributed by atoms with E-state index in [2.05, 4.69) is 23.3 Å². The Kier molecular flexibility index (Phi) is 4.84. The molecule has 0 saturated heterocycles. The molecule has 1 amide bonds. The fourth-order valence-corrected chi connectivity index (χ4v) is 2.87. The number of benzene rings is 1. The maximum atomic E-state index is 12.0. The van der Waals surface area contributed by atoms with Crippen LogP contribution < -0.4 is 5.32 Å². The number of nitrogens with one attached hydrogen (secondary N) is 1. The Morgan fingerprint density at radius 1 is 1.30 bits per heavy atom. The van der Waals surface area contributed by atoms with Gasteiger partial charge in [0, 0.05) is 24.6 Å². The molecule has 5 heteroatoms. The third-order valence-electron chi connectivity index (χ3n) is 2.86. The maximum Gasteiger partial charge on any atom is 0.234 e. The number of anilines is 1. The molecule has 2 aromatic rings. The van der Waals surface area contributed by atoms with Crippen LogP contribution in [0.25, 0.3) is 0 Å². The zero-order valence-electron chi connectivity index (χ0n) is 12.0. The minimum absolute atomic E-state index is 0.00865. The van der Waals surface area contributed by atoms with Gasteiger partial charge >= 0.3 is 0 Å². The van der Waals surface area contributed by atoms with Gasteiger partial charge in [-0.3, -0.25) is 4.79 Å². The molecule has 106 valence electrons. The van der Waals surface area contributed by atoms with Crippen molar-refractivity contribution in [1.82, 2.24) is 9.55 Å². The van der Waals surface area contributed by atoms with E-state index in [0.29, 0.717) is 5.75 Å². The molecule has 2 rings (SSSR count). The lowest BCUT2D eigenvalue weighted by Gasteiger charge is -2.08. The molecule has 0 fully saturated rings. The quantitative estimate of drug-likeness (QED) is 0.859. The van der Waals surface area contributed by atoms with Gasteiger partial charge in [0.2, 0.25) is 5.91 Å². The van der Waals surface area contributed by atoms with Crippen molar-refractivity contribution in [2.45, 2.75) is 32.5 Å². The molecule has 0 atom stereocenters. The van der Waals surface area contributed by atoms with Gasteiger partial charge in [0.25, 0.3) is 0 Å². The number of rotatable bonds is 5. The Morgan fingerprint density at radius 2 is 2.00 bits per heavy atom. The lowest BCUT2D eigenvalue weighted by atomic mass is 10.1. The standard InChI is InChI=1S/C15H19N3OS/c1-4-18-6-5-16-15(18)20-10-14(19)17-13-8-11(2)7-12(3)9-13/h5-9H,4,10H2,1-3H3,(H,17,19). The zero-order chi connectivity index (χ0) is 14.5. The Hall–Kier alpha value is -1.75. The topological polar surface area (TPSA) is 46.9 Å². The summed E-state index contributed by atoms with van der Waals surface area (Å²) in [5.41, 5.74) is 3.15. The van der Waals surface area contributed by atoms with Gasteiger partial charge in [-0.15, -0.1) is 0 Å². The zero-order valence-corrected chi connectivity index (χ0v) is 12.8. The first-order valence-electron chi connectivity index (χ1n) is 6.60. The predicted molar refractivity (Wildman–Crippen MR) is 83.2 cm³/mol. The molecule has 0 bridgehead atoms. The molecule has 20 heavy (non-hydrogen) atoms. The van der Waals surface area contributed by atoms with E-state index >= 15 is 0 Å². The molecule has 0 spiro atoms. The van der Waals surface area contributed by atoms with Gasteiger partial charge in [-0.05, 0) is 44.0 Å².